The second-order valence-corrected chi connectivity index (χ2v) is 7.84. The topological polar surface area (TPSA) is 49.4 Å². The van der Waals surface area contributed by atoms with E-state index in [0.717, 1.165) is 37.5 Å². The minimum Gasteiger partial charge on any atom is -0.338 e. The fourth-order valence-corrected chi connectivity index (χ4v) is 4.27. The summed E-state index contributed by atoms with van der Waals surface area (Å²) in [7, 11) is 0. The first-order valence-corrected chi connectivity index (χ1v) is 10.4. The fourth-order valence-electron chi connectivity index (χ4n) is 4.27. The highest BCUT2D eigenvalue weighted by Crippen LogP contribution is 2.38. The van der Waals surface area contributed by atoms with Gasteiger partial charge in [-0.25, -0.2) is 9.18 Å². The number of halogens is 1. The lowest BCUT2D eigenvalue weighted by Gasteiger charge is -2.43. The number of aldehydes is 1. The van der Waals surface area contributed by atoms with Crippen molar-refractivity contribution < 1.29 is 14.0 Å². The van der Waals surface area contributed by atoms with E-state index >= 15 is 0 Å². The summed E-state index contributed by atoms with van der Waals surface area (Å²) in [6.07, 6.45) is 5.60. The molecule has 0 radical (unpaired) electrons. The number of piperidine rings is 1. The molecule has 2 aromatic rings. The van der Waals surface area contributed by atoms with Gasteiger partial charge in [0.05, 0.1) is 0 Å². The van der Waals surface area contributed by atoms with E-state index in [1.807, 2.05) is 23.1 Å². The molecule has 0 spiro atoms. The first-order valence-electron chi connectivity index (χ1n) is 10.4. The van der Waals surface area contributed by atoms with Gasteiger partial charge >= 0.3 is 6.03 Å². The monoisotopic (exact) mass is 396 g/mol. The van der Waals surface area contributed by atoms with Crippen LogP contribution in [0.5, 0.6) is 0 Å². The van der Waals surface area contributed by atoms with Gasteiger partial charge in [-0.05, 0) is 55.4 Å². The Morgan fingerprint density at radius 1 is 1.14 bits per heavy atom. The lowest BCUT2D eigenvalue weighted by atomic mass is 9.71. The molecule has 1 N–H and O–H groups in total. The number of hydrogen-bond donors (Lipinski definition) is 1. The molecule has 3 rings (SSSR count). The first kappa shape index (κ1) is 21.0. The molecule has 0 aromatic heterocycles. The second kappa shape index (κ2) is 10.2. The van der Waals surface area contributed by atoms with E-state index in [2.05, 4.69) is 17.4 Å². The zero-order valence-electron chi connectivity index (χ0n) is 16.8. The molecule has 2 aromatic carbocycles. The molecule has 1 aliphatic heterocycles. The van der Waals surface area contributed by atoms with Crippen LogP contribution in [0.25, 0.3) is 0 Å². The van der Waals surface area contributed by atoms with Gasteiger partial charge in [0.1, 0.15) is 12.1 Å². The van der Waals surface area contributed by atoms with Crippen LogP contribution >= 0.6 is 0 Å². The van der Waals surface area contributed by atoms with Crippen molar-refractivity contribution >= 4 is 12.3 Å². The van der Waals surface area contributed by atoms with Gasteiger partial charge in [0.25, 0.3) is 0 Å². The van der Waals surface area contributed by atoms with Crippen molar-refractivity contribution in [1.82, 2.24) is 10.2 Å². The van der Waals surface area contributed by atoms with Gasteiger partial charge in [0, 0.05) is 31.5 Å². The minimum absolute atomic E-state index is 0.0599. The summed E-state index contributed by atoms with van der Waals surface area (Å²) < 4.78 is 13.4. The fraction of sp³-hybridized carbons (Fsp3) is 0.417. The number of nitrogens with zero attached hydrogens (tertiary/aromatic N) is 1. The highest BCUT2D eigenvalue weighted by Gasteiger charge is 2.38. The highest BCUT2D eigenvalue weighted by atomic mass is 19.1. The van der Waals surface area contributed by atoms with E-state index in [-0.39, 0.29) is 17.3 Å². The van der Waals surface area contributed by atoms with Gasteiger partial charge in [-0.3, -0.25) is 0 Å². The first-order chi connectivity index (χ1) is 14.1. The molecular formula is C24H29FN2O2. The van der Waals surface area contributed by atoms with Crippen LogP contribution in [-0.2, 0) is 16.6 Å². The summed E-state index contributed by atoms with van der Waals surface area (Å²) in [4.78, 5) is 25.6. The standard InChI is InChI=1S/C24H29FN2O2/c25-22-12-10-21(11-13-22)24(15-6-18-28)14-5-17-27(19-24)23(29)26-16-4-9-20-7-2-1-3-8-20/h1-3,7-8,10-13,18H,4-6,9,14-17,19H2,(H,26,29). The normalized spacial score (nSPS) is 19.0. The van der Waals surface area contributed by atoms with Gasteiger partial charge < -0.3 is 15.0 Å². The van der Waals surface area contributed by atoms with E-state index in [1.165, 1.54) is 17.7 Å². The van der Waals surface area contributed by atoms with Crippen LogP contribution in [0.15, 0.2) is 54.6 Å². The molecule has 154 valence electrons. The largest absolute Gasteiger partial charge is 0.338 e. The Balaban J connectivity index is 1.59. The van der Waals surface area contributed by atoms with Crippen LogP contribution in [0.3, 0.4) is 0 Å². The summed E-state index contributed by atoms with van der Waals surface area (Å²) in [5, 5.41) is 3.03. The van der Waals surface area contributed by atoms with Crippen LogP contribution in [0, 0.1) is 5.82 Å². The minimum atomic E-state index is -0.297. The molecule has 5 heteroatoms. The number of amides is 2. The molecule has 0 saturated carbocycles. The second-order valence-electron chi connectivity index (χ2n) is 7.84. The number of aryl methyl sites for hydroxylation is 1. The Bertz CT molecular complexity index is 794. The van der Waals surface area contributed by atoms with Crippen LogP contribution < -0.4 is 5.32 Å². The van der Waals surface area contributed by atoms with Crippen molar-refractivity contribution in [1.29, 1.82) is 0 Å². The van der Waals surface area contributed by atoms with Crippen molar-refractivity contribution in [3.8, 4) is 0 Å². The van der Waals surface area contributed by atoms with Crippen molar-refractivity contribution in [3.05, 3.63) is 71.5 Å². The number of urea groups is 1. The van der Waals surface area contributed by atoms with E-state index < -0.39 is 0 Å². The zero-order chi connectivity index (χ0) is 20.5. The third kappa shape index (κ3) is 5.66. The third-order valence-corrected chi connectivity index (χ3v) is 5.82. The quantitative estimate of drug-likeness (QED) is 0.528. The number of rotatable bonds is 8. The Morgan fingerprint density at radius 3 is 2.62 bits per heavy atom. The molecule has 1 aliphatic rings. The molecule has 1 atom stereocenters. The molecule has 0 bridgehead atoms. The van der Waals surface area contributed by atoms with Crippen molar-refractivity contribution in [2.24, 2.45) is 0 Å². The average molecular weight is 397 g/mol. The number of nitrogens with one attached hydrogen (secondary N) is 1. The maximum Gasteiger partial charge on any atom is 0.317 e. The predicted octanol–water partition coefficient (Wildman–Crippen LogP) is 4.48. The van der Waals surface area contributed by atoms with Gasteiger partial charge in [0.2, 0.25) is 0 Å². The number of likely N-dealkylation sites (tertiary alicyclic amines) is 1. The van der Waals surface area contributed by atoms with Crippen LogP contribution in [0.2, 0.25) is 0 Å². The molecule has 2 amide bonds. The SMILES string of the molecule is O=CCCC1(c2ccc(F)cc2)CCCN(C(=O)NCCCc2ccccc2)C1. The Kier molecular flexibility index (Phi) is 7.39. The molecule has 29 heavy (non-hydrogen) atoms. The average Bonchev–Trinajstić information content (AvgIpc) is 2.76. The highest BCUT2D eigenvalue weighted by molar-refractivity contribution is 5.74. The molecule has 1 saturated heterocycles. The van der Waals surface area contributed by atoms with Gasteiger partial charge in [-0.2, -0.15) is 0 Å². The molecule has 0 aliphatic carbocycles. The third-order valence-electron chi connectivity index (χ3n) is 5.82. The summed E-state index contributed by atoms with van der Waals surface area (Å²) >= 11 is 0. The van der Waals surface area contributed by atoms with Gasteiger partial charge in [-0.15, -0.1) is 0 Å². The maximum atomic E-state index is 13.4. The lowest BCUT2D eigenvalue weighted by molar-refractivity contribution is -0.108. The zero-order valence-corrected chi connectivity index (χ0v) is 16.8. The Morgan fingerprint density at radius 2 is 1.90 bits per heavy atom. The summed E-state index contributed by atoms with van der Waals surface area (Å²) in [5.74, 6) is -0.275. The predicted molar refractivity (Wildman–Crippen MR) is 112 cm³/mol. The van der Waals surface area contributed by atoms with Crippen LogP contribution in [0.4, 0.5) is 9.18 Å². The number of hydrogen-bond acceptors (Lipinski definition) is 2. The molecule has 1 unspecified atom stereocenters. The van der Waals surface area contributed by atoms with Gasteiger partial charge in [0.15, 0.2) is 0 Å². The van der Waals surface area contributed by atoms with Gasteiger partial charge in [-0.1, -0.05) is 42.5 Å². The molecule has 1 fully saturated rings. The Hall–Kier alpha value is -2.69. The molecule has 4 nitrogen and oxygen atoms in total. The number of carbonyl (C=O) groups is 2. The van der Waals surface area contributed by atoms with Crippen molar-refractivity contribution in [2.45, 2.75) is 43.9 Å². The molecule has 1 heterocycles. The van der Waals surface area contributed by atoms with E-state index in [1.54, 1.807) is 12.1 Å². The summed E-state index contributed by atoms with van der Waals surface area (Å²) in [5.41, 5.74) is 1.97. The Labute approximate surface area is 172 Å². The van der Waals surface area contributed by atoms with E-state index in [4.69, 9.17) is 0 Å². The van der Waals surface area contributed by atoms with E-state index in [9.17, 15) is 14.0 Å². The number of benzene rings is 2. The molecular weight excluding hydrogens is 367 g/mol. The van der Waals surface area contributed by atoms with Crippen LogP contribution in [-0.4, -0.2) is 36.9 Å². The smallest absolute Gasteiger partial charge is 0.317 e. The van der Waals surface area contributed by atoms with Crippen LogP contribution in [0.1, 0.15) is 43.2 Å². The van der Waals surface area contributed by atoms with E-state index in [0.29, 0.717) is 32.5 Å². The number of carbonyl (C=O) groups excluding carboxylic acids is 2. The van der Waals surface area contributed by atoms with Crippen molar-refractivity contribution in [3.63, 3.8) is 0 Å². The maximum absolute atomic E-state index is 13.4. The summed E-state index contributed by atoms with van der Waals surface area (Å²) in [6.45, 7) is 1.88. The lowest BCUT2D eigenvalue weighted by Crippen LogP contribution is -2.51. The summed E-state index contributed by atoms with van der Waals surface area (Å²) in [6, 6.07) is 16.7. The van der Waals surface area contributed by atoms with Crippen molar-refractivity contribution in [2.75, 3.05) is 19.6 Å².